The summed E-state index contributed by atoms with van der Waals surface area (Å²) in [4.78, 5) is 25.4. The number of nitrogens with zero attached hydrogens (tertiary/aromatic N) is 1. The molecule has 0 radical (unpaired) electrons. The highest BCUT2D eigenvalue weighted by Gasteiger charge is 2.23. The minimum Gasteiger partial charge on any atom is -0.490 e. The van der Waals surface area contributed by atoms with E-state index in [0.717, 1.165) is 0 Å². The number of carbonyl (C=O) groups is 2. The SMILES string of the molecule is CCOc1cc(/C=N/NC(=O)C(Oc2ccc(Cl)cc2)Oc2ccc(Cl)cc2)ccc1OC(=O)c1ccccc1. The molecule has 0 saturated heterocycles. The van der Waals surface area contributed by atoms with E-state index in [0.29, 0.717) is 45.0 Å². The van der Waals surface area contributed by atoms with Crippen molar-refractivity contribution in [1.82, 2.24) is 5.43 Å². The molecule has 4 rings (SSSR count). The zero-order valence-electron chi connectivity index (χ0n) is 21.3. The Bertz CT molecular complexity index is 1410. The van der Waals surface area contributed by atoms with Crippen molar-refractivity contribution in [3.05, 3.63) is 118 Å². The molecule has 10 heteroatoms. The number of benzene rings is 4. The van der Waals surface area contributed by atoms with Gasteiger partial charge in [-0.05, 0) is 91.3 Å². The molecule has 4 aromatic carbocycles. The molecule has 0 spiro atoms. The zero-order valence-corrected chi connectivity index (χ0v) is 22.8. The highest BCUT2D eigenvalue weighted by molar-refractivity contribution is 6.30. The first-order valence-corrected chi connectivity index (χ1v) is 12.9. The highest BCUT2D eigenvalue weighted by atomic mass is 35.5. The lowest BCUT2D eigenvalue weighted by Gasteiger charge is -2.19. The molecule has 0 unspecified atom stereocenters. The van der Waals surface area contributed by atoms with Gasteiger partial charge in [0.25, 0.3) is 0 Å². The van der Waals surface area contributed by atoms with E-state index in [9.17, 15) is 9.59 Å². The van der Waals surface area contributed by atoms with E-state index in [2.05, 4.69) is 10.5 Å². The molecule has 0 bridgehead atoms. The second-order valence-corrected chi connectivity index (χ2v) is 8.98. The summed E-state index contributed by atoms with van der Waals surface area (Å²) in [6, 6.07) is 26.5. The van der Waals surface area contributed by atoms with Crippen molar-refractivity contribution in [2.45, 2.75) is 13.2 Å². The highest BCUT2D eigenvalue weighted by Crippen LogP contribution is 2.29. The summed E-state index contributed by atoms with van der Waals surface area (Å²) in [6.45, 7) is 2.16. The fourth-order valence-electron chi connectivity index (χ4n) is 3.32. The topological polar surface area (TPSA) is 95.5 Å². The van der Waals surface area contributed by atoms with Crippen LogP contribution in [0.5, 0.6) is 23.0 Å². The standard InChI is InChI=1S/C30H24Cl2N2O6/c1-2-37-27-18-20(8-17-26(27)40-29(36)21-6-4-3-5-7-21)19-33-34-28(35)30(38-24-13-9-22(31)10-14-24)39-25-15-11-23(32)12-16-25/h3-19,30H,2H2,1H3,(H,34,35)/b33-19+. The van der Waals surface area contributed by atoms with Crippen LogP contribution in [0.2, 0.25) is 10.0 Å². The molecule has 0 heterocycles. The number of halogens is 2. The largest absolute Gasteiger partial charge is 0.490 e. The summed E-state index contributed by atoms with van der Waals surface area (Å²) in [5, 5.41) is 5.06. The lowest BCUT2D eigenvalue weighted by Crippen LogP contribution is -2.40. The first kappa shape index (κ1) is 28.5. The van der Waals surface area contributed by atoms with Gasteiger partial charge in [-0.25, -0.2) is 10.2 Å². The van der Waals surface area contributed by atoms with Crippen LogP contribution < -0.4 is 24.4 Å². The van der Waals surface area contributed by atoms with Crippen LogP contribution in [0, 0.1) is 0 Å². The predicted octanol–water partition coefficient (Wildman–Crippen LogP) is 6.55. The zero-order chi connectivity index (χ0) is 28.3. The normalized spacial score (nSPS) is 10.8. The summed E-state index contributed by atoms with van der Waals surface area (Å²) in [5.74, 6) is 0.151. The van der Waals surface area contributed by atoms with Crippen molar-refractivity contribution in [2.24, 2.45) is 5.10 Å². The van der Waals surface area contributed by atoms with Crippen LogP contribution in [-0.2, 0) is 4.79 Å². The molecular formula is C30H24Cl2N2O6. The van der Waals surface area contributed by atoms with Gasteiger partial charge in [0, 0.05) is 10.0 Å². The van der Waals surface area contributed by atoms with E-state index in [1.807, 2.05) is 13.0 Å². The molecule has 0 aliphatic heterocycles. The molecule has 0 saturated carbocycles. The average Bonchev–Trinajstić information content (AvgIpc) is 2.96. The Morgan fingerprint density at radius 1 is 0.825 bits per heavy atom. The lowest BCUT2D eigenvalue weighted by atomic mass is 10.2. The fraction of sp³-hybridized carbons (Fsp3) is 0.100. The number of carbonyl (C=O) groups excluding carboxylic acids is 2. The third kappa shape index (κ3) is 8.23. The maximum absolute atomic E-state index is 12.9. The Morgan fingerprint density at radius 2 is 1.43 bits per heavy atom. The molecule has 40 heavy (non-hydrogen) atoms. The number of hydrogen-bond donors (Lipinski definition) is 1. The van der Waals surface area contributed by atoms with Crippen molar-refractivity contribution in [3.8, 4) is 23.0 Å². The van der Waals surface area contributed by atoms with Crippen molar-refractivity contribution < 1.29 is 28.5 Å². The van der Waals surface area contributed by atoms with E-state index in [-0.39, 0.29) is 5.75 Å². The number of nitrogens with one attached hydrogen (secondary N) is 1. The van der Waals surface area contributed by atoms with E-state index in [1.54, 1.807) is 91.0 Å². The van der Waals surface area contributed by atoms with Crippen molar-refractivity contribution in [3.63, 3.8) is 0 Å². The Balaban J connectivity index is 1.45. The molecule has 0 aliphatic carbocycles. The Hall–Kier alpha value is -4.53. The predicted molar refractivity (Wildman–Crippen MR) is 153 cm³/mol. The summed E-state index contributed by atoms with van der Waals surface area (Å²) >= 11 is 11.9. The van der Waals surface area contributed by atoms with Crippen molar-refractivity contribution in [2.75, 3.05) is 6.61 Å². The average molecular weight is 579 g/mol. The van der Waals surface area contributed by atoms with Gasteiger partial charge in [0.05, 0.1) is 18.4 Å². The van der Waals surface area contributed by atoms with E-state index in [4.69, 9.17) is 42.1 Å². The van der Waals surface area contributed by atoms with Crippen LogP contribution in [0.25, 0.3) is 0 Å². The molecule has 1 amide bonds. The van der Waals surface area contributed by atoms with E-state index >= 15 is 0 Å². The van der Waals surface area contributed by atoms with Gasteiger partial charge in [0.1, 0.15) is 11.5 Å². The first-order chi connectivity index (χ1) is 19.4. The van der Waals surface area contributed by atoms with Gasteiger partial charge in [-0.2, -0.15) is 5.10 Å². The molecular weight excluding hydrogens is 555 g/mol. The molecule has 8 nitrogen and oxygen atoms in total. The van der Waals surface area contributed by atoms with Crippen LogP contribution in [-0.4, -0.2) is 31.0 Å². The summed E-state index contributed by atoms with van der Waals surface area (Å²) < 4.78 is 22.6. The molecule has 0 aromatic heterocycles. The number of ether oxygens (including phenoxy) is 4. The third-order valence-electron chi connectivity index (χ3n) is 5.20. The number of hydrogen-bond acceptors (Lipinski definition) is 7. The molecule has 0 fully saturated rings. The van der Waals surface area contributed by atoms with Crippen LogP contribution in [0.1, 0.15) is 22.8 Å². The van der Waals surface area contributed by atoms with Crippen LogP contribution in [0.4, 0.5) is 0 Å². The van der Waals surface area contributed by atoms with Gasteiger partial charge in [0.2, 0.25) is 0 Å². The lowest BCUT2D eigenvalue weighted by molar-refractivity contribution is -0.140. The molecule has 0 aliphatic rings. The molecule has 204 valence electrons. The Morgan fingerprint density at radius 3 is 2.00 bits per heavy atom. The third-order valence-corrected chi connectivity index (χ3v) is 5.70. The maximum Gasteiger partial charge on any atom is 0.343 e. The molecule has 4 aromatic rings. The second kappa shape index (κ2) is 14.0. The van der Waals surface area contributed by atoms with Crippen LogP contribution in [0.15, 0.2) is 102 Å². The van der Waals surface area contributed by atoms with Gasteiger partial charge in [-0.1, -0.05) is 41.4 Å². The quantitative estimate of drug-likeness (QED) is 0.0713. The van der Waals surface area contributed by atoms with Crippen LogP contribution in [0.3, 0.4) is 0 Å². The number of esters is 1. The Labute approximate surface area is 241 Å². The van der Waals surface area contributed by atoms with Crippen LogP contribution >= 0.6 is 23.2 Å². The fourth-order valence-corrected chi connectivity index (χ4v) is 3.57. The van der Waals surface area contributed by atoms with Gasteiger partial charge >= 0.3 is 18.2 Å². The van der Waals surface area contributed by atoms with Crippen molar-refractivity contribution >= 4 is 41.3 Å². The summed E-state index contributed by atoms with van der Waals surface area (Å²) in [5.41, 5.74) is 3.41. The number of amides is 1. The van der Waals surface area contributed by atoms with Gasteiger partial charge in [-0.3, -0.25) is 4.79 Å². The smallest absolute Gasteiger partial charge is 0.343 e. The Kier molecular flexibility index (Phi) is 9.99. The first-order valence-electron chi connectivity index (χ1n) is 12.1. The monoisotopic (exact) mass is 578 g/mol. The minimum absolute atomic E-state index is 0.254. The maximum atomic E-state index is 12.9. The molecule has 0 atom stereocenters. The van der Waals surface area contributed by atoms with E-state index in [1.165, 1.54) is 6.21 Å². The number of rotatable bonds is 11. The second-order valence-electron chi connectivity index (χ2n) is 8.10. The van der Waals surface area contributed by atoms with Gasteiger partial charge in [0.15, 0.2) is 11.5 Å². The van der Waals surface area contributed by atoms with E-state index < -0.39 is 18.2 Å². The van der Waals surface area contributed by atoms with Gasteiger partial charge < -0.3 is 18.9 Å². The van der Waals surface area contributed by atoms with Gasteiger partial charge in [-0.15, -0.1) is 0 Å². The summed E-state index contributed by atoms with van der Waals surface area (Å²) in [7, 11) is 0. The summed E-state index contributed by atoms with van der Waals surface area (Å²) in [6.07, 6.45) is 0.0310. The minimum atomic E-state index is -1.38. The molecule has 1 N–H and O–H groups in total. The number of hydrazone groups is 1. The van der Waals surface area contributed by atoms with Crippen molar-refractivity contribution in [1.29, 1.82) is 0 Å².